The zero-order valence-electron chi connectivity index (χ0n) is 42.7. The van der Waals surface area contributed by atoms with E-state index in [1.165, 1.54) is 13.8 Å². The number of aliphatic hydroxyl groups is 2. The molecule has 31 nitrogen and oxygen atoms in total. The summed E-state index contributed by atoms with van der Waals surface area (Å²) in [5, 5.41) is 68.8. The molecule has 0 heterocycles. The number of hydrogen-bond acceptors (Lipinski definition) is 17. The Morgan fingerprint density at radius 1 is 0.519 bits per heavy atom. The number of amides is 11. The van der Waals surface area contributed by atoms with Crippen LogP contribution in [0.25, 0.3) is 0 Å². The van der Waals surface area contributed by atoms with Gasteiger partial charge in [-0.2, -0.15) is 0 Å². The number of hydrogen-bond donors (Lipinski definition) is 17. The molecule has 0 aromatic heterocycles. The normalized spacial score (nSPS) is 15.2. The molecule has 0 fully saturated rings. The molecule has 31 heteroatoms. The fourth-order valence-corrected chi connectivity index (χ4v) is 6.80. The Bertz CT molecular complexity index is 2280. The van der Waals surface area contributed by atoms with Gasteiger partial charge in [0, 0.05) is 25.7 Å². The minimum absolute atomic E-state index is 0.125. The molecule has 428 valence electrons. The lowest BCUT2D eigenvalue weighted by Crippen LogP contribution is -2.63. The van der Waals surface area contributed by atoms with Crippen LogP contribution in [0.15, 0.2) is 30.3 Å². The van der Waals surface area contributed by atoms with Gasteiger partial charge in [-0.1, -0.05) is 50.6 Å². The van der Waals surface area contributed by atoms with Crippen molar-refractivity contribution in [3.8, 4) is 0 Å². The van der Waals surface area contributed by atoms with Crippen molar-refractivity contribution in [2.45, 2.75) is 146 Å². The summed E-state index contributed by atoms with van der Waals surface area (Å²) >= 11 is 0. The number of aliphatic hydroxyl groups excluding tert-OH is 2. The maximum atomic E-state index is 14.0. The lowest BCUT2D eigenvalue weighted by molar-refractivity contribution is -0.143. The number of nitrogens with one attached hydrogen (secondary N) is 9. The van der Waals surface area contributed by atoms with Crippen LogP contribution in [0.2, 0.25) is 0 Å². The highest BCUT2D eigenvalue weighted by Gasteiger charge is 2.37. The molecule has 0 aliphatic rings. The van der Waals surface area contributed by atoms with Gasteiger partial charge in [-0.05, 0) is 44.6 Å². The minimum atomic E-state index is -1.99. The highest BCUT2D eigenvalue weighted by molar-refractivity contribution is 5.99. The smallest absolute Gasteiger partial charge is 0.326 e. The Kier molecular flexibility index (Phi) is 29.1. The van der Waals surface area contributed by atoms with Crippen molar-refractivity contribution < 1.29 is 92.7 Å². The highest BCUT2D eigenvalue weighted by Crippen LogP contribution is 2.12. The molecule has 0 bridgehead atoms. The van der Waals surface area contributed by atoms with Gasteiger partial charge < -0.3 is 90.6 Å². The standard InChI is InChI=1S/C46H70N12O19/c1-5-21(2)36(57-43(73)28(18-32(49)62)54-40(70)25(11-14-31(48)61)51-33(63)19-50-39(69)30(20-59)56-38(68)22(3)47)44(74)58-37(23(4)60)45(75)53-27(13-16-35(66)67)41(71)52-26(12-15-34(64)65)42(72)55-29(46(76)77)17-24-9-7-6-8-10-24/h6-10,21-23,25-30,36-37,59-60H,5,11-20,47H2,1-4H3,(H2,48,61)(H2,49,62)(H,50,69)(H,51,63)(H,52,71)(H,53,75)(H,54,70)(H,55,72)(H,56,68)(H,57,73)(H,58,74)(H,64,65)(H,66,67)(H,76,77)/t21-,22-,23+,25-,26-,27-,28-,29-,30-,36-,37-/m0/s1. The summed E-state index contributed by atoms with van der Waals surface area (Å²) in [6, 6.07) is -6.97. The maximum Gasteiger partial charge on any atom is 0.326 e. The molecule has 1 aromatic rings. The molecule has 0 saturated carbocycles. The van der Waals surface area contributed by atoms with Crippen LogP contribution in [0.3, 0.4) is 0 Å². The second-order valence-electron chi connectivity index (χ2n) is 17.8. The molecule has 0 unspecified atom stereocenters. The summed E-state index contributed by atoms with van der Waals surface area (Å²) < 4.78 is 0. The van der Waals surface area contributed by atoms with E-state index in [1.807, 2.05) is 0 Å². The van der Waals surface area contributed by atoms with Crippen LogP contribution >= 0.6 is 0 Å². The first-order valence-corrected chi connectivity index (χ1v) is 24.0. The average Bonchev–Trinajstić information content (AvgIpc) is 3.35. The Morgan fingerprint density at radius 2 is 0.961 bits per heavy atom. The highest BCUT2D eigenvalue weighted by atomic mass is 16.4. The van der Waals surface area contributed by atoms with Crippen LogP contribution in [0, 0.1) is 5.92 Å². The first-order valence-electron chi connectivity index (χ1n) is 24.0. The van der Waals surface area contributed by atoms with E-state index in [2.05, 4.69) is 47.9 Å². The van der Waals surface area contributed by atoms with Crippen molar-refractivity contribution in [1.82, 2.24) is 47.9 Å². The first-order chi connectivity index (χ1) is 36.0. The summed E-state index contributed by atoms with van der Waals surface area (Å²) in [7, 11) is 0. The summed E-state index contributed by atoms with van der Waals surface area (Å²) in [5.74, 6) is -17.6. The maximum absolute atomic E-state index is 14.0. The van der Waals surface area contributed by atoms with Gasteiger partial charge in [0.05, 0.1) is 31.7 Å². The Morgan fingerprint density at radius 3 is 1.42 bits per heavy atom. The van der Waals surface area contributed by atoms with E-state index in [1.54, 1.807) is 37.3 Å². The van der Waals surface area contributed by atoms with E-state index in [-0.39, 0.29) is 12.8 Å². The lowest BCUT2D eigenvalue weighted by Gasteiger charge is -2.30. The molecular formula is C46H70N12O19. The number of carbonyl (C=O) groups excluding carboxylic acids is 11. The molecule has 0 aliphatic carbocycles. The Hall–Kier alpha value is -8.32. The van der Waals surface area contributed by atoms with Crippen molar-refractivity contribution >= 4 is 82.9 Å². The van der Waals surface area contributed by atoms with Crippen molar-refractivity contribution in [2.24, 2.45) is 23.1 Å². The van der Waals surface area contributed by atoms with E-state index >= 15 is 0 Å². The number of nitrogens with two attached hydrogens (primary N) is 3. The van der Waals surface area contributed by atoms with Crippen molar-refractivity contribution in [3.63, 3.8) is 0 Å². The van der Waals surface area contributed by atoms with Crippen LogP contribution in [0.4, 0.5) is 0 Å². The molecular weight excluding hydrogens is 1020 g/mol. The molecule has 77 heavy (non-hydrogen) atoms. The van der Waals surface area contributed by atoms with Crippen molar-refractivity contribution in [2.75, 3.05) is 13.2 Å². The van der Waals surface area contributed by atoms with E-state index in [0.717, 1.165) is 6.92 Å². The third kappa shape index (κ3) is 25.2. The summed E-state index contributed by atoms with van der Waals surface area (Å²) in [4.78, 5) is 179. The average molecular weight is 1100 g/mol. The quantitative estimate of drug-likeness (QED) is 0.0297. The third-order valence-corrected chi connectivity index (χ3v) is 11.3. The Balaban J connectivity index is 3.41. The topological polar surface area (TPSA) is 526 Å². The zero-order valence-corrected chi connectivity index (χ0v) is 42.7. The molecule has 11 atom stereocenters. The number of benzene rings is 1. The van der Waals surface area contributed by atoms with Gasteiger partial charge in [0.15, 0.2) is 0 Å². The van der Waals surface area contributed by atoms with Crippen LogP contribution in [-0.2, 0) is 73.5 Å². The fraction of sp³-hybridized carbons (Fsp3) is 0.565. The molecule has 0 radical (unpaired) electrons. The number of primary amides is 2. The Labute approximate surface area is 440 Å². The molecule has 0 aliphatic heterocycles. The van der Waals surface area contributed by atoms with Crippen LogP contribution < -0.4 is 65.1 Å². The second-order valence-corrected chi connectivity index (χ2v) is 17.8. The predicted octanol–water partition coefficient (Wildman–Crippen LogP) is -7.05. The van der Waals surface area contributed by atoms with Gasteiger partial charge in [0.25, 0.3) is 0 Å². The number of aliphatic carboxylic acids is 3. The van der Waals surface area contributed by atoms with E-state index in [4.69, 9.17) is 17.2 Å². The van der Waals surface area contributed by atoms with Crippen molar-refractivity contribution in [1.29, 1.82) is 0 Å². The summed E-state index contributed by atoms with van der Waals surface area (Å²) in [6.45, 7) is 3.61. The summed E-state index contributed by atoms with van der Waals surface area (Å²) in [6.07, 6.45) is -6.68. The van der Waals surface area contributed by atoms with Crippen LogP contribution in [-0.4, -0.2) is 182 Å². The van der Waals surface area contributed by atoms with Gasteiger partial charge in [-0.25, -0.2) is 4.79 Å². The van der Waals surface area contributed by atoms with E-state index in [0.29, 0.717) is 5.56 Å². The first kappa shape index (κ1) is 66.7. The zero-order chi connectivity index (χ0) is 58.7. The predicted molar refractivity (Wildman–Crippen MR) is 264 cm³/mol. The SMILES string of the molecule is CC[C@H](C)[C@H](NC(=O)[C@H](CC(N)=O)NC(=O)[C@H](CCC(N)=O)NC(=O)CNC(=O)[C@H](CO)NC(=O)[C@H](C)N)C(=O)N[C@H](C(=O)N[C@@H](CCC(=O)O)C(=O)N[C@@H](CCC(=O)O)C(=O)N[C@@H](Cc1ccccc1)C(=O)O)[C@@H](C)O. The van der Waals surface area contributed by atoms with E-state index < -0.39 is 207 Å². The largest absolute Gasteiger partial charge is 0.481 e. The second kappa shape index (κ2) is 33.6. The monoisotopic (exact) mass is 1090 g/mol. The summed E-state index contributed by atoms with van der Waals surface area (Å²) in [5.41, 5.74) is 16.6. The molecule has 0 spiro atoms. The van der Waals surface area contributed by atoms with E-state index in [9.17, 15) is 92.7 Å². The molecule has 20 N–H and O–H groups in total. The molecule has 0 saturated heterocycles. The number of carboxylic acid groups (broad SMARTS) is 3. The number of carboxylic acids is 3. The molecule has 1 aromatic carbocycles. The lowest BCUT2D eigenvalue weighted by atomic mass is 9.96. The van der Waals surface area contributed by atoms with Gasteiger partial charge in [-0.3, -0.25) is 62.3 Å². The van der Waals surface area contributed by atoms with Gasteiger partial charge in [0.1, 0.15) is 48.3 Å². The van der Waals surface area contributed by atoms with Crippen molar-refractivity contribution in [3.05, 3.63) is 35.9 Å². The number of rotatable bonds is 36. The minimum Gasteiger partial charge on any atom is -0.481 e. The van der Waals surface area contributed by atoms with Gasteiger partial charge in [-0.15, -0.1) is 0 Å². The molecule has 11 amide bonds. The van der Waals surface area contributed by atoms with Gasteiger partial charge in [0.2, 0.25) is 65.0 Å². The molecule has 1 rings (SSSR count). The van der Waals surface area contributed by atoms with Gasteiger partial charge >= 0.3 is 17.9 Å². The van der Waals surface area contributed by atoms with Crippen LogP contribution in [0.5, 0.6) is 0 Å². The number of carbonyl (C=O) groups is 14. The third-order valence-electron chi connectivity index (χ3n) is 11.3. The fourth-order valence-electron chi connectivity index (χ4n) is 6.80. The van der Waals surface area contributed by atoms with Crippen LogP contribution in [0.1, 0.15) is 84.6 Å².